The molecule has 5 heteroatoms. The van der Waals surface area contributed by atoms with Gasteiger partial charge < -0.3 is 15.0 Å². The molecule has 2 aromatic carbocycles. The minimum atomic E-state index is -0.613. The number of hydrogen-bond acceptors (Lipinski definition) is 3. The predicted octanol–water partition coefficient (Wildman–Crippen LogP) is 5.10. The maximum Gasteiger partial charge on any atom is 0.261 e. The largest absolute Gasteiger partial charge is 0.481 e. The quantitative estimate of drug-likeness (QED) is 0.706. The van der Waals surface area contributed by atoms with Gasteiger partial charge in [0.25, 0.3) is 5.91 Å². The van der Waals surface area contributed by atoms with Crippen molar-refractivity contribution >= 4 is 11.6 Å². The Morgan fingerprint density at radius 3 is 2.34 bits per heavy atom. The molecule has 0 radical (unpaired) electrons. The summed E-state index contributed by atoms with van der Waals surface area (Å²) in [5.41, 5.74) is 2.30. The van der Waals surface area contributed by atoms with Crippen molar-refractivity contribution in [2.75, 3.05) is 18.0 Å². The van der Waals surface area contributed by atoms with Gasteiger partial charge in [0.15, 0.2) is 6.10 Å². The van der Waals surface area contributed by atoms with E-state index in [9.17, 15) is 9.18 Å². The van der Waals surface area contributed by atoms with E-state index in [1.165, 1.54) is 42.8 Å². The molecule has 0 saturated carbocycles. The first-order valence-corrected chi connectivity index (χ1v) is 10.5. The average Bonchev–Trinajstić information content (AvgIpc) is 2.74. The SMILES string of the molecule is CCC(Oc1ccc(F)cc1)C(=O)NC(C)c1ccc(N2CCC(C)CC2)cc1. The molecule has 1 heterocycles. The van der Waals surface area contributed by atoms with Crippen LogP contribution in [0.1, 0.15) is 51.6 Å². The highest BCUT2D eigenvalue weighted by Gasteiger charge is 2.21. The van der Waals surface area contributed by atoms with Crippen molar-refractivity contribution in [3.05, 3.63) is 59.9 Å². The summed E-state index contributed by atoms with van der Waals surface area (Å²) in [6.07, 6.45) is 2.39. The molecule has 1 saturated heterocycles. The van der Waals surface area contributed by atoms with Crippen LogP contribution in [0, 0.1) is 11.7 Å². The van der Waals surface area contributed by atoms with Gasteiger partial charge >= 0.3 is 0 Å². The van der Waals surface area contributed by atoms with Crippen LogP contribution >= 0.6 is 0 Å². The van der Waals surface area contributed by atoms with Crippen molar-refractivity contribution < 1.29 is 13.9 Å². The second kappa shape index (κ2) is 9.77. The van der Waals surface area contributed by atoms with Crippen LogP contribution in [0.15, 0.2) is 48.5 Å². The zero-order valence-electron chi connectivity index (χ0n) is 17.5. The summed E-state index contributed by atoms with van der Waals surface area (Å²) >= 11 is 0. The molecule has 1 aliphatic heterocycles. The number of rotatable bonds is 7. The lowest BCUT2D eigenvalue weighted by Crippen LogP contribution is -2.39. The molecule has 3 rings (SSSR count). The summed E-state index contributed by atoms with van der Waals surface area (Å²) in [4.78, 5) is 15.1. The normalized spacial score (nSPS) is 16.9. The number of carbonyl (C=O) groups is 1. The fourth-order valence-electron chi connectivity index (χ4n) is 3.63. The summed E-state index contributed by atoms with van der Waals surface area (Å²) < 4.78 is 18.8. The molecule has 1 aliphatic rings. The summed E-state index contributed by atoms with van der Waals surface area (Å²) in [6.45, 7) is 8.39. The van der Waals surface area contributed by atoms with Crippen molar-refractivity contribution in [1.82, 2.24) is 5.32 Å². The lowest BCUT2D eigenvalue weighted by molar-refractivity contribution is -0.128. The Balaban J connectivity index is 1.57. The predicted molar refractivity (Wildman–Crippen MR) is 115 cm³/mol. The molecule has 29 heavy (non-hydrogen) atoms. The van der Waals surface area contributed by atoms with Crippen molar-refractivity contribution in [2.45, 2.75) is 52.2 Å². The number of carbonyl (C=O) groups excluding carboxylic acids is 1. The smallest absolute Gasteiger partial charge is 0.261 e. The number of ether oxygens (including phenoxy) is 1. The highest BCUT2D eigenvalue weighted by molar-refractivity contribution is 5.81. The van der Waals surface area contributed by atoms with E-state index in [1.807, 2.05) is 13.8 Å². The summed E-state index contributed by atoms with van der Waals surface area (Å²) in [5.74, 6) is 0.801. The number of anilines is 1. The Morgan fingerprint density at radius 1 is 1.14 bits per heavy atom. The molecule has 0 aromatic heterocycles. The second-order valence-electron chi connectivity index (χ2n) is 7.96. The molecule has 0 aliphatic carbocycles. The Kier molecular flexibility index (Phi) is 7.13. The van der Waals surface area contributed by atoms with Crippen molar-refractivity contribution in [2.24, 2.45) is 5.92 Å². The number of amides is 1. The van der Waals surface area contributed by atoms with E-state index in [-0.39, 0.29) is 17.8 Å². The molecular formula is C24H31FN2O2. The van der Waals surface area contributed by atoms with E-state index >= 15 is 0 Å². The number of nitrogens with one attached hydrogen (secondary N) is 1. The van der Waals surface area contributed by atoms with Crippen LogP contribution in [0.4, 0.5) is 10.1 Å². The van der Waals surface area contributed by atoms with Gasteiger partial charge in [0, 0.05) is 18.8 Å². The fraction of sp³-hybridized carbons (Fsp3) is 0.458. The van der Waals surface area contributed by atoms with Gasteiger partial charge in [-0.15, -0.1) is 0 Å². The van der Waals surface area contributed by atoms with E-state index < -0.39 is 6.10 Å². The Labute approximate surface area is 173 Å². The van der Waals surface area contributed by atoms with Crippen LogP contribution in [-0.4, -0.2) is 25.1 Å². The minimum absolute atomic E-state index is 0.121. The molecule has 2 unspecified atom stereocenters. The van der Waals surface area contributed by atoms with Gasteiger partial charge in [-0.05, 0) is 74.1 Å². The second-order valence-corrected chi connectivity index (χ2v) is 7.96. The van der Waals surface area contributed by atoms with Gasteiger partial charge in [0.1, 0.15) is 11.6 Å². The van der Waals surface area contributed by atoms with E-state index in [4.69, 9.17) is 4.74 Å². The van der Waals surface area contributed by atoms with Crippen LogP contribution < -0.4 is 15.0 Å². The highest BCUT2D eigenvalue weighted by atomic mass is 19.1. The number of piperidine rings is 1. The van der Waals surface area contributed by atoms with Crippen LogP contribution in [0.3, 0.4) is 0 Å². The third-order valence-corrected chi connectivity index (χ3v) is 5.66. The fourth-order valence-corrected chi connectivity index (χ4v) is 3.63. The van der Waals surface area contributed by atoms with Crippen molar-refractivity contribution in [1.29, 1.82) is 0 Å². The summed E-state index contributed by atoms with van der Waals surface area (Å²) in [7, 11) is 0. The first-order chi connectivity index (χ1) is 14.0. The van der Waals surface area contributed by atoms with Gasteiger partial charge in [-0.25, -0.2) is 4.39 Å². The number of halogens is 1. The molecule has 1 N–H and O–H groups in total. The van der Waals surface area contributed by atoms with Crippen LogP contribution in [0.25, 0.3) is 0 Å². The molecule has 2 aromatic rings. The van der Waals surface area contributed by atoms with Crippen LogP contribution in [0.2, 0.25) is 0 Å². The van der Waals surface area contributed by atoms with Crippen LogP contribution in [0.5, 0.6) is 5.75 Å². The first-order valence-electron chi connectivity index (χ1n) is 10.5. The summed E-state index contributed by atoms with van der Waals surface area (Å²) in [5, 5.41) is 3.03. The number of nitrogens with zero attached hydrogens (tertiary/aromatic N) is 1. The topological polar surface area (TPSA) is 41.6 Å². The zero-order valence-corrected chi connectivity index (χ0v) is 17.5. The standard InChI is InChI=1S/C24H31FN2O2/c1-4-23(29-22-11-7-20(25)8-12-22)24(28)26-18(3)19-5-9-21(10-6-19)27-15-13-17(2)14-16-27/h5-12,17-18,23H,4,13-16H2,1-3H3,(H,26,28). The maximum atomic E-state index is 13.1. The highest BCUT2D eigenvalue weighted by Crippen LogP contribution is 2.25. The molecule has 0 spiro atoms. The Bertz CT molecular complexity index is 784. The summed E-state index contributed by atoms with van der Waals surface area (Å²) in [6, 6.07) is 14.0. The molecule has 1 amide bonds. The average molecular weight is 399 g/mol. The molecule has 4 nitrogen and oxygen atoms in total. The Hall–Kier alpha value is -2.56. The molecule has 1 fully saturated rings. The van der Waals surface area contributed by atoms with Gasteiger partial charge in [-0.1, -0.05) is 26.0 Å². The van der Waals surface area contributed by atoms with Gasteiger partial charge in [-0.3, -0.25) is 4.79 Å². The van der Waals surface area contributed by atoms with E-state index in [0.717, 1.165) is 24.6 Å². The van der Waals surface area contributed by atoms with Crippen molar-refractivity contribution in [3.8, 4) is 5.75 Å². The van der Waals surface area contributed by atoms with Crippen molar-refractivity contribution in [3.63, 3.8) is 0 Å². The monoisotopic (exact) mass is 398 g/mol. The molecule has 156 valence electrons. The van der Waals surface area contributed by atoms with Gasteiger partial charge in [0.2, 0.25) is 0 Å². The Morgan fingerprint density at radius 2 is 1.76 bits per heavy atom. The van der Waals surface area contributed by atoms with E-state index in [1.54, 1.807) is 0 Å². The minimum Gasteiger partial charge on any atom is -0.481 e. The van der Waals surface area contributed by atoms with E-state index in [0.29, 0.717) is 12.2 Å². The maximum absolute atomic E-state index is 13.1. The third kappa shape index (κ3) is 5.72. The van der Waals surface area contributed by atoms with Gasteiger partial charge in [0.05, 0.1) is 6.04 Å². The molecule has 2 atom stereocenters. The van der Waals surface area contributed by atoms with Crippen LogP contribution in [-0.2, 0) is 4.79 Å². The zero-order chi connectivity index (χ0) is 20.8. The van der Waals surface area contributed by atoms with E-state index in [2.05, 4.69) is 41.4 Å². The molecular weight excluding hydrogens is 367 g/mol. The first kappa shape index (κ1) is 21.2. The lowest BCUT2D eigenvalue weighted by Gasteiger charge is -2.32. The van der Waals surface area contributed by atoms with Gasteiger partial charge in [-0.2, -0.15) is 0 Å². The number of hydrogen-bond donors (Lipinski definition) is 1. The molecule has 0 bridgehead atoms. The third-order valence-electron chi connectivity index (χ3n) is 5.66. The lowest BCUT2D eigenvalue weighted by atomic mass is 9.98. The number of benzene rings is 2.